The Morgan fingerprint density at radius 3 is 2.67 bits per heavy atom. The summed E-state index contributed by atoms with van der Waals surface area (Å²) in [6, 6.07) is 5.06. The summed E-state index contributed by atoms with van der Waals surface area (Å²) in [5, 5.41) is 11.0. The molecule has 0 bridgehead atoms. The smallest absolute Gasteiger partial charge is 0.320 e. The van der Waals surface area contributed by atoms with Crippen molar-refractivity contribution >= 4 is 11.9 Å². The summed E-state index contributed by atoms with van der Waals surface area (Å²) in [5.41, 5.74) is 5.64. The molecular weight excluding hydrogens is 239 g/mol. The molecule has 0 spiro atoms. The van der Waals surface area contributed by atoms with Gasteiger partial charge in [0.05, 0.1) is 0 Å². The zero-order chi connectivity index (χ0) is 13.5. The maximum Gasteiger partial charge on any atom is 0.320 e. The Labute approximate surface area is 104 Å². The third-order valence-corrected chi connectivity index (χ3v) is 2.43. The molecule has 0 saturated heterocycles. The number of benzene rings is 1. The molecule has 0 saturated carbocycles. The fourth-order valence-electron chi connectivity index (χ4n) is 1.33. The molecular formula is C12H15FN2O3. The number of amides is 1. The summed E-state index contributed by atoms with van der Waals surface area (Å²) in [7, 11) is 0. The molecule has 1 amide bonds. The zero-order valence-corrected chi connectivity index (χ0v) is 9.73. The second-order valence-corrected chi connectivity index (χ2v) is 3.85. The van der Waals surface area contributed by atoms with Crippen LogP contribution in [0.15, 0.2) is 24.3 Å². The second kappa shape index (κ2) is 6.70. The normalized spacial score (nSPS) is 11.9. The molecule has 0 aliphatic carbocycles. The van der Waals surface area contributed by atoms with Gasteiger partial charge in [0.2, 0.25) is 5.91 Å². The summed E-state index contributed by atoms with van der Waals surface area (Å²) in [6.07, 6.45) is 0.0559. The maximum absolute atomic E-state index is 13.2. The SMILES string of the molecule is NC(CCC(=O)NCc1ccccc1F)C(=O)O. The molecule has 0 aromatic heterocycles. The lowest BCUT2D eigenvalue weighted by molar-refractivity contribution is -0.138. The molecule has 0 radical (unpaired) electrons. The third kappa shape index (κ3) is 4.50. The molecule has 4 N–H and O–H groups in total. The number of nitrogens with two attached hydrogens (primary N) is 1. The Hall–Kier alpha value is -1.95. The van der Waals surface area contributed by atoms with Gasteiger partial charge in [-0.25, -0.2) is 4.39 Å². The number of nitrogens with one attached hydrogen (secondary N) is 1. The van der Waals surface area contributed by atoms with E-state index in [9.17, 15) is 14.0 Å². The first kappa shape index (κ1) is 14.1. The number of carboxylic acid groups (broad SMARTS) is 1. The highest BCUT2D eigenvalue weighted by atomic mass is 19.1. The Morgan fingerprint density at radius 1 is 1.39 bits per heavy atom. The van der Waals surface area contributed by atoms with Gasteiger partial charge < -0.3 is 16.2 Å². The van der Waals surface area contributed by atoms with Crippen LogP contribution in [0.25, 0.3) is 0 Å². The minimum absolute atomic E-state index is 0.00190. The summed E-state index contributed by atoms with van der Waals surface area (Å²) in [5.74, 6) is -1.88. The van der Waals surface area contributed by atoms with E-state index in [1.807, 2.05) is 0 Å². The van der Waals surface area contributed by atoms with E-state index in [0.717, 1.165) is 0 Å². The fourth-order valence-corrected chi connectivity index (χ4v) is 1.33. The lowest BCUT2D eigenvalue weighted by Crippen LogP contribution is -2.32. The van der Waals surface area contributed by atoms with Crippen LogP contribution in [0.2, 0.25) is 0 Å². The predicted molar refractivity (Wildman–Crippen MR) is 63.1 cm³/mol. The van der Waals surface area contributed by atoms with Gasteiger partial charge in [0.25, 0.3) is 0 Å². The van der Waals surface area contributed by atoms with Crippen molar-refractivity contribution in [3.8, 4) is 0 Å². The molecule has 0 heterocycles. The van der Waals surface area contributed by atoms with Crippen molar-refractivity contribution in [1.82, 2.24) is 5.32 Å². The molecule has 1 aromatic rings. The van der Waals surface area contributed by atoms with E-state index < -0.39 is 12.0 Å². The van der Waals surface area contributed by atoms with E-state index in [0.29, 0.717) is 5.56 Å². The first-order chi connectivity index (χ1) is 8.50. The first-order valence-electron chi connectivity index (χ1n) is 5.49. The molecule has 18 heavy (non-hydrogen) atoms. The molecule has 1 aromatic carbocycles. The largest absolute Gasteiger partial charge is 0.480 e. The summed E-state index contributed by atoms with van der Waals surface area (Å²) < 4.78 is 13.2. The van der Waals surface area contributed by atoms with Crippen LogP contribution in [0.5, 0.6) is 0 Å². The van der Waals surface area contributed by atoms with Crippen LogP contribution in [0.3, 0.4) is 0 Å². The van der Waals surface area contributed by atoms with Gasteiger partial charge in [0.15, 0.2) is 0 Å². The van der Waals surface area contributed by atoms with Gasteiger partial charge in [-0.05, 0) is 12.5 Å². The molecule has 1 unspecified atom stereocenters. The highest BCUT2D eigenvalue weighted by molar-refractivity contribution is 5.78. The van der Waals surface area contributed by atoms with E-state index in [1.165, 1.54) is 6.07 Å². The van der Waals surface area contributed by atoms with E-state index in [4.69, 9.17) is 10.8 Å². The van der Waals surface area contributed by atoms with Crippen molar-refractivity contribution in [3.63, 3.8) is 0 Å². The monoisotopic (exact) mass is 254 g/mol. The van der Waals surface area contributed by atoms with E-state index in [2.05, 4.69) is 5.32 Å². The lowest BCUT2D eigenvalue weighted by atomic mass is 10.1. The maximum atomic E-state index is 13.2. The van der Waals surface area contributed by atoms with Crippen LogP contribution < -0.4 is 11.1 Å². The van der Waals surface area contributed by atoms with Crippen molar-refractivity contribution < 1.29 is 19.1 Å². The Bertz CT molecular complexity index is 437. The first-order valence-corrected chi connectivity index (χ1v) is 5.49. The van der Waals surface area contributed by atoms with Crippen LogP contribution in [0, 0.1) is 5.82 Å². The lowest BCUT2D eigenvalue weighted by Gasteiger charge is -2.08. The molecule has 6 heteroatoms. The second-order valence-electron chi connectivity index (χ2n) is 3.85. The summed E-state index contributed by atoms with van der Waals surface area (Å²) in [6.45, 7) is 0.0772. The topological polar surface area (TPSA) is 92.4 Å². The number of carbonyl (C=O) groups is 2. The standard InChI is InChI=1S/C12H15FN2O3/c13-9-4-2-1-3-8(9)7-15-11(16)6-5-10(14)12(17)18/h1-4,10H,5-7,14H2,(H,15,16)(H,17,18). The number of aliphatic carboxylic acids is 1. The number of hydrogen-bond donors (Lipinski definition) is 3. The fraction of sp³-hybridized carbons (Fsp3) is 0.333. The van der Waals surface area contributed by atoms with Crippen LogP contribution in [0.1, 0.15) is 18.4 Å². The van der Waals surface area contributed by atoms with Gasteiger partial charge in [0.1, 0.15) is 11.9 Å². The summed E-state index contributed by atoms with van der Waals surface area (Å²) in [4.78, 5) is 21.8. The number of carbonyl (C=O) groups excluding carboxylic acids is 1. The highest BCUT2D eigenvalue weighted by Crippen LogP contribution is 2.05. The minimum atomic E-state index is -1.14. The van der Waals surface area contributed by atoms with Crippen LogP contribution >= 0.6 is 0 Å². The van der Waals surface area contributed by atoms with Crippen molar-refractivity contribution in [2.75, 3.05) is 0 Å². The quantitative estimate of drug-likeness (QED) is 0.694. The average Bonchev–Trinajstić information content (AvgIpc) is 2.34. The number of carboxylic acids is 1. The predicted octanol–water partition coefficient (Wildman–Crippen LogP) is 0.634. The van der Waals surface area contributed by atoms with Crippen LogP contribution in [0.4, 0.5) is 4.39 Å². The van der Waals surface area contributed by atoms with Gasteiger partial charge in [-0.2, -0.15) is 0 Å². The van der Waals surface area contributed by atoms with Gasteiger partial charge in [0, 0.05) is 18.5 Å². The van der Waals surface area contributed by atoms with Crippen molar-refractivity contribution in [2.45, 2.75) is 25.4 Å². The molecule has 0 fully saturated rings. The molecule has 0 aliphatic rings. The molecule has 98 valence electrons. The Kier molecular flexibility index (Phi) is 5.26. The van der Waals surface area contributed by atoms with Crippen LogP contribution in [-0.2, 0) is 16.1 Å². The van der Waals surface area contributed by atoms with Gasteiger partial charge >= 0.3 is 5.97 Å². The van der Waals surface area contributed by atoms with E-state index in [-0.39, 0.29) is 31.1 Å². The molecule has 0 aliphatic heterocycles. The van der Waals surface area contributed by atoms with E-state index in [1.54, 1.807) is 18.2 Å². The number of hydrogen-bond acceptors (Lipinski definition) is 3. The number of halogens is 1. The minimum Gasteiger partial charge on any atom is -0.480 e. The highest BCUT2D eigenvalue weighted by Gasteiger charge is 2.13. The molecule has 5 nitrogen and oxygen atoms in total. The number of rotatable bonds is 6. The summed E-state index contributed by atoms with van der Waals surface area (Å²) >= 11 is 0. The van der Waals surface area contributed by atoms with Gasteiger partial charge in [-0.15, -0.1) is 0 Å². The molecule has 1 rings (SSSR count). The average molecular weight is 254 g/mol. The zero-order valence-electron chi connectivity index (χ0n) is 9.73. The van der Waals surface area contributed by atoms with Crippen molar-refractivity contribution in [3.05, 3.63) is 35.6 Å². The van der Waals surface area contributed by atoms with Crippen molar-refractivity contribution in [2.24, 2.45) is 5.73 Å². The van der Waals surface area contributed by atoms with Gasteiger partial charge in [-0.1, -0.05) is 18.2 Å². The van der Waals surface area contributed by atoms with Gasteiger partial charge in [-0.3, -0.25) is 9.59 Å². The third-order valence-electron chi connectivity index (χ3n) is 2.43. The van der Waals surface area contributed by atoms with Crippen molar-refractivity contribution in [1.29, 1.82) is 0 Å². The Morgan fingerprint density at radius 2 is 2.06 bits per heavy atom. The van der Waals surface area contributed by atoms with E-state index >= 15 is 0 Å². The van der Waals surface area contributed by atoms with Crippen LogP contribution in [-0.4, -0.2) is 23.0 Å². The molecule has 1 atom stereocenters. The Balaban J connectivity index is 2.34.